The van der Waals surface area contributed by atoms with Crippen LogP contribution in [0, 0.1) is 5.92 Å². The highest BCUT2D eigenvalue weighted by Gasteiger charge is 2.26. The summed E-state index contributed by atoms with van der Waals surface area (Å²) < 4.78 is 4.95. The van der Waals surface area contributed by atoms with Crippen molar-refractivity contribution in [1.82, 2.24) is 15.5 Å². The SMILES string of the molecule is COCCC(=O)NCc1cccc(-c2ccc(N=C(N)C3=C(NCC4CC4)CCN(C(C)=O)C3)cc2)c1. The number of nitrogens with zero attached hydrogens (tertiary/aromatic N) is 2. The van der Waals surface area contributed by atoms with Crippen molar-refractivity contribution in [3.8, 4) is 11.1 Å². The van der Waals surface area contributed by atoms with Crippen LogP contribution in [0.4, 0.5) is 5.69 Å². The minimum atomic E-state index is -0.0301. The van der Waals surface area contributed by atoms with Gasteiger partial charge in [-0.15, -0.1) is 0 Å². The molecule has 1 aliphatic carbocycles. The second-order valence-corrected chi connectivity index (χ2v) is 9.74. The van der Waals surface area contributed by atoms with E-state index in [1.807, 2.05) is 47.4 Å². The number of carbonyl (C=O) groups is 2. The molecule has 0 spiro atoms. The van der Waals surface area contributed by atoms with E-state index in [4.69, 9.17) is 15.5 Å². The first-order chi connectivity index (χ1) is 17.9. The number of hydrogen-bond donors (Lipinski definition) is 3. The standard InChI is InChI=1S/C29H37N5O3/c1-20(35)34-14-12-27(31-17-21-6-7-21)26(19-34)29(30)33-25-10-8-23(9-11-25)24-5-3-4-22(16-24)18-32-28(36)13-15-37-2/h3-5,8-11,16,21,31H,6-7,12-15,17-19H2,1-2H3,(H2,30,33)(H,32,36). The van der Waals surface area contributed by atoms with Crippen molar-refractivity contribution in [2.75, 3.05) is 33.4 Å². The molecule has 2 amide bonds. The third kappa shape index (κ3) is 7.67. The molecule has 1 heterocycles. The summed E-state index contributed by atoms with van der Waals surface area (Å²) in [5.74, 6) is 1.21. The summed E-state index contributed by atoms with van der Waals surface area (Å²) in [5.41, 5.74) is 12.4. The summed E-state index contributed by atoms with van der Waals surface area (Å²) in [6, 6.07) is 16.0. The maximum absolute atomic E-state index is 12.0. The predicted octanol–water partition coefficient (Wildman–Crippen LogP) is 3.50. The number of amidine groups is 1. The van der Waals surface area contributed by atoms with Gasteiger partial charge in [-0.3, -0.25) is 9.59 Å². The van der Waals surface area contributed by atoms with Crippen molar-refractivity contribution in [2.24, 2.45) is 16.6 Å². The highest BCUT2D eigenvalue weighted by molar-refractivity contribution is 6.00. The zero-order valence-electron chi connectivity index (χ0n) is 21.8. The van der Waals surface area contributed by atoms with Crippen LogP contribution in [0.15, 0.2) is 64.8 Å². The first-order valence-electron chi connectivity index (χ1n) is 12.9. The molecule has 0 aromatic heterocycles. The van der Waals surface area contributed by atoms with Gasteiger partial charge >= 0.3 is 0 Å². The minimum absolute atomic E-state index is 0.0301. The molecule has 0 unspecified atom stereocenters. The number of amides is 2. The van der Waals surface area contributed by atoms with E-state index in [1.54, 1.807) is 14.0 Å². The monoisotopic (exact) mass is 503 g/mol. The molecule has 37 heavy (non-hydrogen) atoms. The molecule has 4 rings (SSSR count). The smallest absolute Gasteiger partial charge is 0.222 e. The van der Waals surface area contributed by atoms with Gasteiger partial charge in [-0.2, -0.15) is 0 Å². The summed E-state index contributed by atoms with van der Waals surface area (Å²) in [7, 11) is 1.58. The largest absolute Gasteiger partial charge is 0.388 e. The van der Waals surface area contributed by atoms with Crippen molar-refractivity contribution in [1.29, 1.82) is 0 Å². The van der Waals surface area contributed by atoms with Gasteiger partial charge in [-0.1, -0.05) is 30.3 Å². The molecule has 2 aliphatic rings. The Labute approximate surface area is 219 Å². The van der Waals surface area contributed by atoms with E-state index >= 15 is 0 Å². The Hall–Kier alpha value is -3.65. The second-order valence-electron chi connectivity index (χ2n) is 9.74. The normalized spacial score (nSPS) is 16.1. The van der Waals surface area contributed by atoms with E-state index in [9.17, 15) is 9.59 Å². The first-order valence-corrected chi connectivity index (χ1v) is 12.9. The van der Waals surface area contributed by atoms with Crippen molar-refractivity contribution in [3.05, 3.63) is 65.4 Å². The van der Waals surface area contributed by atoms with Gasteiger partial charge in [0.25, 0.3) is 0 Å². The number of methoxy groups -OCH3 is 1. The van der Waals surface area contributed by atoms with Gasteiger partial charge in [0.15, 0.2) is 0 Å². The maximum Gasteiger partial charge on any atom is 0.222 e. The van der Waals surface area contributed by atoms with Crippen molar-refractivity contribution in [3.63, 3.8) is 0 Å². The zero-order chi connectivity index (χ0) is 26.2. The summed E-state index contributed by atoms with van der Waals surface area (Å²) in [4.78, 5) is 30.4. The summed E-state index contributed by atoms with van der Waals surface area (Å²) in [5, 5.41) is 6.49. The molecule has 2 aromatic rings. The lowest BCUT2D eigenvalue weighted by Gasteiger charge is -2.30. The molecule has 1 aliphatic heterocycles. The van der Waals surface area contributed by atoms with E-state index in [0.29, 0.717) is 38.5 Å². The molecule has 0 saturated heterocycles. The van der Waals surface area contributed by atoms with Crippen LogP contribution >= 0.6 is 0 Å². The lowest BCUT2D eigenvalue weighted by atomic mass is 10.0. The summed E-state index contributed by atoms with van der Waals surface area (Å²) >= 11 is 0. The third-order valence-corrected chi connectivity index (χ3v) is 6.80. The van der Waals surface area contributed by atoms with Crippen LogP contribution in [0.3, 0.4) is 0 Å². The Morgan fingerprint density at radius 3 is 2.62 bits per heavy atom. The summed E-state index contributed by atoms with van der Waals surface area (Å²) in [6.07, 6.45) is 3.66. The molecule has 0 atom stereocenters. The molecule has 1 fully saturated rings. The van der Waals surface area contributed by atoms with Crippen LogP contribution in [0.25, 0.3) is 11.1 Å². The van der Waals surface area contributed by atoms with Crippen LogP contribution in [0.1, 0.15) is 38.2 Å². The Kier molecular flexibility index (Phi) is 8.95. The number of nitrogens with two attached hydrogens (primary N) is 1. The van der Waals surface area contributed by atoms with Gasteiger partial charge in [0.1, 0.15) is 5.84 Å². The van der Waals surface area contributed by atoms with Crippen LogP contribution in [0.2, 0.25) is 0 Å². The van der Waals surface area contributed by atoms with Gasteiger partial charge in [0, 0.05) is 57.8 Å². The van der Waals surface area contributed by atoms with Crippen molar-refractivity contribution >= 4 is 23.3 Å². The molecule has 8 nitrogen and oxygen atoms in total. The van der Waals surface area contributed by atoms with Crippen LogP contribution in [-0.2, 0) is 20.9 Å². The van der Waals surface area contributed by atoms with E-state index in [2.05, 4.69) is 16.7 Å². The van der Waals surface area contributed by atoms with Crippen LogP contribution < -0.4 is 16.4 Å². The van der Waals surface area contributed by atoms with Crippen LogP contribution in [-0.4, -0.2) is 55.9 Å². The van der Waals surface area contributed by atoms with Gasteiger partial charge in [-0.25, -0.2) is 4.99 Å². The van der Waals surface area contributed by atoms with Gasteiger partial charge in [0.05, 0.1) is 18.8 Å². The molecule has 0 radical (unpaired) electrons. The highest BCUT2D eigenvalue weighted by Crippen LogP contribution is 2.29. The van der Waals surface area contributed by atoms with Gasteiger partial charge in [-0.05, 0) is 53.6 Å². The Morgan fingerprint density at radius 2 is 1.92 bits per heavy atom. The molecule has 0 bridgehead atoms. The number of carbonyl (C=O) groups excluding carboxylic acids is 2. The number of rotatable bonds is 11. The van der Waals surface area contributed by atoms with Crippen molar-refractivity contribution < 1.29 is 14.3 Å². The molecule has 196 valence electrons. The van der Waals surface area contributed by atoms with E-state index in [-0.39, 0.29) is 11.8 Å². The molecule has 4 N–H and O–H groups in total. The lowest BCUT2D eigenvalue weighted by Crippen LogP contribution is -2.41. The molecule has 8 heteroatoms. The van der Waals surface area contributed by atoms with E-state index in [1.165, 1.54) is 12.8 Å². The zero-order valence-corrected chi connectivity index (χ0v) is 21.8. The minimum Gasteiger partial charge on any atom is -0.388 e. The highest BCUT2D eigenvalue weighted by atomic mass is 16.5. The number of aliphatic imine (C=N–C) groups is 1. The predicted molar refractivity (Wildman–Crippen MR) is 146 cm³/mol. The maximum atomic E-state index is 12.0. The van der Waals surface area contributed by atoms with Crippen molar-refractivity contribution in [2.45, 2.75) is 39.2 Å². The Balaban J connectivity index is 1.45. The fourth-order valence-electron chi connectivity index (χ4n) is 4.33. The Morgan fingerprint density at radius 1 is 1.14 bits per heavy atom. The van der Waals surface area contributed by atoms with E-state index < -0.39 is 0 Å². The average molecular weight is 504 g/mol. The van der Waals surface area contributed by atoms with Gasteiger partial charge < -0.3 is 26.0 Å². The number of ether oxygens (including phenoxy) is 1. The van der Waals surface area contributed by atoms with Crippen LogP contribution in [0.5, 0.6) is 0 Å². The number of benzene rings is 2. The first kappa shape index (κ1) is 26.4. The topological polar surface area (TPSA) is 109 Å². The third-order valence-electron chi connectivity index (χ3n) is 6.80. The van der Waals surface area contributed by atoms with Gasteiger partial charge in [0.2, 0.25) is 11.8 Å². The Bertz CT molecular complexity index is 1170. The molecular weight excluding hydrogens is 466 g/mol. The molecular formula is C29H37N5O3. The lowest BCUT2D eigenvalue weighted by molar-refractivity contribution is -0.128. The number of nitrogens with one attached hydrogen (secondary N) is 2. The fraction of sp³-hybridized carbons (Fsp3) is 0.414. The van der Waals surface area contributed by atoms with E-state index in [0.717, 1.165) is 52.5 Å². The second kappa shape index (κ2) is 12.5. The number of hydrogen-bond acceptors (Lipinski definition) is 5. The molecule has 2 aromatic carbocycles. The quantitative estimate of drug-likeness (QED) is 0.321. The molecule has 1 saturated carbocycles. The fourth-order valence-corrected chi connectivity index (χ4v) is 4.33. The summed E-state index contributed by atoms with van der Waals surface area (Å²) in [6.45, 7) is 4.61. The average Bonchev–Trinajstić information content (AvgIpc) is 3.74.